The van der Waals surface area contributed by atoms with Gasteiger partial charge >= 0.3 is 0 Å². The monoisotopic (exact) mass is 267 g/mol. The number of para-hydroxylation sites is 2. The first-order valence-electron chi connectivity index (χ1n) is 6.57. The zero-order chi connectivity index (χ0) is 13.5. The van der Waals surface area contributed by atoms with Crippen LogP contribution in [0.3, 0.4) is 0 Å². The standard InChI is InChI=1S/C14H13N5O/c1-2-18-8-7-10(17-18)14-16-15-13-9-20-12-6-4-3-5-11(12)19(13)14/h3-8H,2,9H2,1H3. The molecule has 1 aromatic carbocycles. The van der Waals surface area contributed by atoms with E-state index < -0.39 is 0 Å². The molecule has 0 aliphatic carbocycles. The summed E-state index contributed by atoms with van der Waals surface area (Å²) in [6.07, 6.45) is 1.95. The van der Waals surface area contributed by atoms with Crippen molar-refractivity contribution in [3.8, 4) is 23.0 Å². The van der Waals surface area contributed by atoms with E-state index in [1.54, 1.807) is 0 Å². The van der Waals surface area contributed by atoms with Crippen molar-refractivity contribution < 1.29 is 4.74 Å². The summed E-state index contributed by atoms with van der Waals surface area (Å²) in [5, 5.41) is 13.0. The number of ether oxygens (including phenoxy) is 1. The molecule has 3 heterocycles. The zero-order valence-corrected chi connectivity index (χ0v) is 11.0. The molecule has 1 aliphatic heterocycles. The van der Waals surface area contributed by atoms with Crippen LogP contribution in [0.15, 0.2) is 36.5 Å². The molecule has 0 bridgehead atoms. The molecule has 0 amide bonds. The van der Waals surface area contributed by atoms with E-state index in [0.29, 0.717) is 6.61 Å². The quantitative estimate of drug-likeness (QED) is 0.713. The third-order valence-electron chi connectivity index (χ3n) is 3.39. The van der Waals surface area contributed by atoms with Gasteiger partial charge < -0.3 is 4.74 Å². The van der Waals surface area contributed by atoms with Gasteiger partial charge in [0.05, 0.1) is 5.69 Å². The van der Waals surface area contributed by atoms with Crippen LogP contribution in [0.1, 0.15) is 12.7 Å². The Morgan fingerprint density at radius 2 is 2.10 bits per heavy atom. The van der Waals surface area contributed by atoms with Crippen LogP contribution in [-0.2, 0) is 13.2 Å². The molecule has 2 aromatic heterocycles. The highest BCUT2D eigenvalue weighted by molar-refractivity contribution is 5.58. The normalized spacial score (nSPS) is 12.7. The molecular weight excluding hydrogens is 254 g/mol. The van der Waals surface area contributed by atoms with Crippen LogP contribution in [0.25, 0.3) is 17.2 Å². The highest BCUT2D eigenvalue weighted by atomic mass is 16.5. The second kappa shape index (κ2) is 4.19. The van der Waals surface area contributed by atoms with Crippen LogP contribution in [0, 0.1) is 0 Å². The third-order valence-corrected chi connectivity index (χ3v) is 3.39. The Kier molecular flexibility index (Phi) is 2.35. The maximum atomic E-state index is 5.68. The lowest BCUT2D eigenvalue weighted by Gasteiger charge is -2.19. The van der Waals surface area contributed by atoms with Gasteiger partial charge in [-0.2, -0.15) is 5.10 Å². The number of aromatic nitrogens is 5. The number of rotatable bonds is 2. The van der Waals surface area contributed by atoms with Crippen LogP contribution in [0.4, 0.5) is 0 Å². The lowest BCUT2D eigenvalue weighted by molar-refractivity contribution is 0.279. The van der Waals surface area contributed by atoms with Crippen LogP contribution in [-0.4, -0.2) is 24.5 Å². The van der Waals surface area contributed by atoms with Gasteiger partial charge in [-0.15, -0.1) is 10.2 Å². The summed E-state index contributed by atoms with van der Waals surface area (Å²) in [6, 6.07) is 9.85. The average molecular weight is 267 g/mol. The Morgan fingerprint density at radius 3 is 2.95 bits per heavy atom. The molecule has 0 saturated heterocycles. The van der Waals surface area contributed by atoms with Gasteiger partial charge in [0.25, 0.3) is 0 Å². The minimum absolute atomic E-state index is 0.429. The number of nitrogens with zero attached hydrogens (tertiary/aromatic N) is 5. The first-order valence-corrected chi connectivity index (χ1v) is 6.57. The van der Waals surface area contributed by atoms with E-state index in [4.69, 9.17) is 4.74 Å². The number of hydrogen-bond donors (Lipinski definition) is 0. The van der Waals surface area contributed by atoms with E-state index >= 15 is 0 Å². The van der Waals surface area contributed by atoms with Crippen LogP contribution < -0.4 is 4.74 Å². The molecule has 6 nitrogen and oxygen atoms in total. The Hall–Kier alpha value is -2.63. The number of hydrogen-bond acceptors (Lipinski definition) is 4. The smallest absolute Gasteiger partial charge is 0.189 e. The molecule has 4 rings (SSSR count). The minimum Gasteiger partial charge on any atom is -0.483 e. The van der Waals surface area contributed by atoms with E-state index in [0.717, 1.165) is 35.3 Å². The molecule has 1 aliphatic rings. The molecule has 20 heavy (non-hydrogen) atoms. The summed E-state index contributed by atoms with van der Waals surface area (Å²) < 4.78 is 9.57. The molecule has 0 atom stereocenters. The number of aryl methyl sites for hydroxylation is 1. The van der Waals surface area contributed by atoms with Crippen molar-refractivity contribution in [1.29, 1.82) is 0 Å². The summed E-state index contributed by atoms with van der Waals surface area (Å²) in [5.41, 5.74) is 1.78. The molecule has 0 saturated carbocycles. The average Bonchev–Trinajstić information content (AvgIpc) is 3.13. The summed E-state index contributed by atoms with van der Waals surface area (Å²) in [7, 11) is 0. The lowest BCUT2D eigenvalue weighted by atomic mass is 10.2. The van der Waals surface area contributed by atoms with Gasteiger partial charge in [-0.3, -0.25) is 9.25 Å². The van der Waals surface area contributed by atoms with Gasteiger partial charge in [-0.25, -0.2) is 0 Å². The van der Waals surface area contributed by atoms with E-state index in [1.807, 2.05) is 45.8 Å². The predicted molar refractivity (Wildman–Crippen MR) is 72.6 cm³/mol. The van der Waals surface area contributed by atoms with E-state index in [9.17, 15) is 0 Å². The Morgan fingerprint density at radius 1 is 1.20 bits per heavy atom. The summed E-state index contributed by atoms with van der Waals surface area (Å²) in [4.78, 5) is 0. The molecule has 0 spiro atoms. The number of fused-ring (bicyclic) bond motifs is 3. The second-order valence-electron chi connectivity index (χ2n) is 4.59. The van der Waals surface area contributed by atoms with Gasteiger partial charge in [0, 0.05) is 12.7 Å². The summed E-state index contributed by atoms with van der Waals surface area (Å²) in [5.74, 6) is 2.39. The van der Waals surface area contributed by atoms with Crippen molar-refractivity contribution in [3.05, 3.63) is 42.4 Å². The summed E-state index contributed by atoms with van der Waals surface area (Å²) in [6.45, 7) is 3.32. The molecule has 0 fully saturated rings. The molecule has 6 heteroatoms. The second-order valence-corrected chi connectivity index (χ2v) is 4.59. The molecule has 100 valence electrons. The van der Waals surface area contributed by atoms with Gasteiger partial charge in [0.15, 0.2) is 11.6 Å². The SMILES string of the molecule is CCn1ccc(-c2nnc3n2-c2ccccc2OC3)n1. The maximum absolute atomic E-state index is 5.68. The molecule has 0 unspecified atom stereocenters. The fourth-order valence-corrected chi connectivity index (χ4v) is 2.39. The first-order chi connectivity index (χ1) is 9.86. The van der Waals surface area contributed by atoms with E-state index in [2.05, 4.69) is 22.2 Å². The molecular formula is C14H13N5O. The Bertz CT molecular complexity index is 773. The van der Waals surface area contributed by atoms with Gasteiger partial charge in [0.1, 0.15) is 18.1 Å². The third kappa shape index (κ3) is 1.54. The van der Waals surface area contributed by atoms with Crippen LogP contribution >= 0.6 is 0 Å². The van der Waals surface area contributed by atoms with Crippen molar-refractivity contribution in [3.63, 3.8) is 0 Å². The molecule has 0 radical (unpaired) electrons. The lowest BCUT2D eigenvalue weighted by Crippen LogP contribution is -2.13. The highest BCUT2D eigenvalue weighted by Gasteiger charge is 2.23. The van der Waals surface area contributed by atoms with Crippen LogP contribution in [0.2, 0.25) is 0 Å². The minimum atomic E-state index is 0.429. The van der Waals surface area contributed by atoms with Crippen molar-refractivity contribution >= 4 is 0 Å². The van der Waals surface area contributed by atoms with Crippen molar-refractivity contribution in [2.45, 2.75) is 20.1 Å². The topological polar surface area (TPSA) is 57.8 Å². The van der Waals surface area contributed by atoms with Crippen molar-refractivity contribution in [2.75, 3.05) is 0 Å². The largest absolute Gasteiger partial charge is 0.483 e. The van der Waals surface area contributed by atoms with Gasteiger partial charge in [0.2, 0.25) is 0 Å². The molecule has 3 aromatic rings. The van der Waals surface area contributed by atoms with E-state index in [1.165, 1.54) is 0 Å². The number of benzene rings is 1. The van der Waals surface area contributed by atoms with E-state index in [-0.39, 0.29) is 0 Å². The Labute approximate surface area is 115 Å². The fourth-order valence-electron chi connectivity index (χ4n) is 2.39. The Balaban J connectivity index is 1.91. The zero-order valence-electron chi connectivity index (χ0n) is 11.0. The van der Waals surface area contributed by atoms with Crippen LogP contribution in [0.5, 0.6) is 5.75 Å². The highest BCUT2D eigenvalue weighted by Crippen LogP contribution is 2.32. The van der Waals surface area contributed by atoms with Crippen molar-refractivity contribution in [2.24, 2.45) is 0 Å². The maximum Gasteiger partial charge on any atom is 0.189 e. The fraction of sp³-hybridized carbons (Fsp3) is 0.214. The van der Waals surface area contributed by atoms with Gasteiger partial charge in [-0.1, -0.05) is 12.1 Å². The van der Waals surface area contributed by atoms with Crippen molar-refractivity contribution in [1.82, 2.24) is 24.5 Å². The molecule has 0 N–H and O–H groups in total. The van der Waals surface area contributed by atoms with Gasteiger partial charge in [-0.05, 0) is 25.1 Å². The first kappa shape index (κ1) is 11.2. The summed E-state index contributed by atoms with van der Waals surface area (Å²) >= 11 is 0. The predicted octanol–water partition coefficient (Wildman–Crippen LogP) is 2.04.